The average molecular weight is 371 g/mol. The summed E-state index contributed by atoms with van der Waals surface area (Å²) in [5, 5.41) is 3.14. The smallest absolute Gasteiger partial charge is 0.220 e. The third kappa shape index (κ3) is 7.22. The van der Waals surface area contributed by atoms with Gasteiger partial charge in [0.05, 0.1) is 18.8 Å². The van der Waals surface area contributed by atoms with Crippen molar-refractivity contribution in [3.63, 3.8) is 0 Å². The van der Waals surface area contributed by atoms with E-state index in [0.717, 1.165) is 44.5 Å². The summed E-state index contributed by atoms with van der Waals surface area (Å²) in [5.74, 6) is 0.923. The van der Waals surface area contributed by atoms with E-state index >= 15 is 0 Å². The molecule has 2 rings (SSSR count). The molecule has 1 aromatic carbocycles. The molecule has 6 heteroatoms. The molecule has 0 bridgehead atoms. The lowest BCUT2D eigenvalue weighted by Gasteiger charge is -2.28. The first-order valence-corrected chi connectivity index (χ1v) is 8.89. The molecular weight excluding hydrogens is 340 g/mol. The van der Waals surface area contributed by atoms with E-state index in [0.29, 0.717) is 26.0 Å². The van der Waals surface area contributed by atoms with Crippen LogP contribution in [0.2, 0.25) is 0 Å². The van der Waals surface area contributed by atoms with Crippen molar-refractivity contribution in [2.45, 2.75) is 50.5 Å². The molecule has 0 spiro atoms. The van der Waals surface area contributed by atoms with E-state index in [2.05, 4.69) is 5.32 Å². The van der Waals surface area contributed by atoms with Gasteiger partial charge in [-0.25, -0.2) is 0 Å². The van der Waals surface area contributed by atoms with Crippen LogP contribution in [0.3, 0.4) is 0 Å². The molecule has 3 N–H and O–H groups in total. The van der Waals surface area contributed by atoms with Crippen LogP contribution in [-0.2, 0) is 16.0 Å². The van der Waals surface area contributed by atoms with Gasteiger partial charge in [0.2, 0.25) is 5.91 Å². The van der Waals surface area contributed by atoms with Gasteiger partial charge >= 0.3 is 0 Å². The summed E-state index contributed by atoms with van der Waals surface area (Å²) in [4.78, 5) is 12.1. The highest BCUT2D eigenvalue weighted by atomic mass is 35.5. The average Bonchev–Trinajstić information content (AvgIpc) is 3.07. The first-order chi connectivity index (χ1) is 11.7. The van der Waals surface area contributed by atoms with Crippen LogP contribution in [0.25, 0.3) is 0 Å². The molecule has 1 aliphatic rings. The monoisotopic (exact) mass is 370 g/mol. The summed E-state index contributed by atoms with van der Waals surface area (Å²) < 4.78 is 10.8. The Balaban J connectivity index is 0.00000312. The normalized spacial score (nSPS) is 15.4. The number of benzene rings is 1. The second kappa shape index (κ2) is 11.3. The fourth-order valence-electron chi connectivity index (χ4n) is 3.19. The van der Waals surface area contributed by atoms with Crippen LogP contribution in [0, 0.1) is 0 Å². The summed E-state index contributed by atoms with van der Waals surface area (Å²) in [7, 11) is 1.70. The van der Waals surface area contributed by atoms with Crippen molar-refractivity contribution < 1.29 is 14.3 Å². The minimum atomic E-state index is -0.157. The molecule has 1 aromatic rings. The minimum absolute atomic E-state index is 0. The van der Waals surface area contributed by atoms with Crippen LogP contribution in [0.15, 0.2) is 24.3 Å². The van der Waals surface area contributed by atoms with Gasteiger partial charge in [-0.3, -0.25) is 4.79 Å². The number of carbonyl (C=O) groups is 1. The Morgan fingerprint density at radius 2 is 1.88 bits per heavy atom. The van der Waals surface area contributed by atoms with Gasteiger partial charge in [0.1, 0.15) is 5.75 Å². The molecular formula is C19H31ClN2O3. The Bertz CT molecular complexity index is 502. The van der Waals surface area contributed by atoms with Crippen molar-refractivity contribution in [3.8, 4) is 5.75 Å². The maximum atomic E-state index is 12.1. The fourth-order valence-corrected chi connectivity index (χ4v) is 3.19. The second-order valence-electron chi connectivity index (χ2n) is 6.58. The van der Waals surface area contributed by atoms with E-state index in [1.165, 1.54) is 5.56 Å². The molecule has 5 nitrogen and oxygen atoms in total. The van der Waals surface area contributed by atoms with E-state index in [-0.39, 0.29) is 23.9 Å². The highest BCUT2D eigenvalue weighted by molar-refractivity contribution is 5.85. The third-order valence-electron chi connectivity index (χ3n) is 4.69. The van der Waals surface area contributed by atoms with Gasteiger partial charge in [0.25, 0.3) is 0 Å². The van der Waals surface area contributed by atoms with Crippen molar-refractivity contribution >= 4 is 18.3 Å². The van der Waals surface area contributed by atoms with Crippen LogP contribution in [0.4, 0.5) is 0 Å². The molecule has 0 radical (unpaired) electrons. The number of nitrogens with two attached hydrogens (primary N) is 1. The first kappa shape index (κ1) is 21.7. The highest BCUT2D eigenvalue weighted by Crippen LogP contribution is 2.28. The number of hydrogen-bond acceptors (Lipinski definition) is 4. The molecule has 1 aliphatic carbocycles. The van der Waals surface area contributed by atoms with Gasteiger partial charge in [-0.15, -0.1) is 12.4 Å². The highest BCUT2D eigenvalue weighted by Gasteiger charge is 2.33. The Labute approximate surface area is 157 Å². The van der Waals surface area contributed by atoms with Gasteiger partial charge in [0, 0.05) is 20.1 Å². The number of methoxy groups -OCH3 is 1. The Morgan fingerprint density at radius 3 is 2.48 bits per heavy atom. The zero-order valence-corrected chi connectivity index (χ0v) is 15.9. The van der Waals surface area contributed by atoms with Crippen molar-refractivity contribution in [1.29, 1.82) is 0 Å². The Kier molecular flexibility index (Phi) is 9.86. The summed E-state index contributed by atoms with van der Waals surface area (Å²) in [6.07, 6.45) is 6.40. The Hall–Kier alpha value is -1.30. The zero-order chi connectivity index (χ0) is 17.3. The van der Waals surface area contributed by atoms with Gasteiger partial charge in [-0.2, -0.15) is 0 Å². The molecule has 142 valence electrons. The van der Waals surface area contributed by atoms with Crippen LogP contribution in [0.1, 0.15) is 44.1 Å². The molecule has 1 fully saturated rings. The minimum Gasteiger partial charge on any atom is -0.494 e. The maximum absolute atomic E-state index is 12.1. The lowest BCUT2D eigenvalue weighted by Crippen LogP contribution is -2.51. The second-order valence-corrected chi connectivity index (χ2v) is 6.58. The van der Waals surface area contributed by atoms with Gasteiger partial charge in [-0.05, 0) is 43.4 Å². The number of rotatable bonds is 10. The molecule has 0 heterocycles. The van der Waals surface area contributed by atoms with Crippen molar-refractivity contribution in [1.82, 2.24) is 5.32 Å². The summed E-state index contributed by atoms with van der Waals surface area (Å²) >= 11 is 0. The van der Waals surface area contributed by atoms with Crippen molar-refractivity contribution in [2.24, 2.45) is 5.73 Å². The summed E-state index contributed by atoms with van der Waals surface area (Å²) in [6.45, 7) is 1.80. The molecule has 0 aromatic heterocycles. The molecule has 0 atom stereocenters. The number of halogens is 1. The Morgan fingerprint density at radius 1 is 1.20 bits per heavy atom. The molecule has 1 saturated carbocycles. The molecule has 0 unspecified atom stereocenters. The summed E-state index contributed by atoms with van der Waals surface area (Å²) in [5.41, 5.74) is 6.92. The summed E-state index contributed by atoms with van der Waals surface area (Å²) in [6, 6.07) is 8.03. The number of nitrogens with one attached hydrogen (secondary N) is 1. The molecule has 0 saturated heterocycles. The standard InChI is InChI=1S/C19H30N2O3.ClH/c1-23-14-10-16-6-8-17(9-7-16)24-13-4-5-18(22)21-19(15-20)11-2-3-12-19;/h6-9H,2-5,10-15,20H2,1H3,(H,21,22);1H. The largest absolute Gasteiger partial charge is 0.494 e. The van der Waals surface area contributed by atoms with Crippen LogP contribution < -0.4 is 15.8 Å². The van der Waals surface area contributed by atoms with E-state index in [1.54, 1.807) is 7.11 Å². The quantitative estimate of drug-likeness (QED) is 0.621. The van der Waals surface area contributed by atoms with Crippen LogP contribution in [0.5, 0.6) is 5.75 Å². The van der Waals surface area contributed by atoms with E-state index in [4.69, 9.17) is 15.2 Å². The van der Waals surface area contributed by atoms with Crippen molar-refractivity contribution in [3.05, 3.63) is 29.8 Å². The predicted octanol–water partition coefficient (Wildman–Crippen LogP) is 2.84. The fraction of sp³-hybridized carbons (Fsp3) is 0.632. The molecule has 1 amide bonds. The topological polar surface area (TPSA) is 73.6 Å². The lowest BCUT2D eigenvalue weighted by molar-refractivity contribution is -0.123. The van der Waals surface area contributed by atoms with Gasteiger partial charge in [0.15, 0.2) is 0 Å². The zero-order valence-electron chi connectivity index (χ0n) is 15.1. The van der Waals surface area contributed by atoms with Crippen molar-refractivity contribution in [2.75, 3.05) is 26.9 Å². The predicted molar refractivity (Wildman–Crippen MR) is 102 cm³/mol. The molecule has 25 heavy (non-hydrogen) atoms. The SMILES string of the molecule is COCCc1ccc(OCCCC(=O)NC2(CN)CCCC2)cc1.Cl. The number of ether oxygens (including phenoxy) is 2. The third-order valence-corrected chi connectivity index (χ3v) is 4.69. The lowest BCUT2D eigenvalue weighted by atomic mass is 9.97. The maximum Gasteiger partial charge on any atom is 0.220 e. The van der Waals surface area contributed by atoms with Gasteiger partial charge in [-0.1, -0.05) is 25.0 Å². The molecule has 0 aliphatic heterocycles. The number of amides is 1. The number of carbonyl (C=O) groups excluding carboxylic acids is 1. The van der Waals surface area contributed by atoms with Crippen LogP contribution >= 0.6 is 12.4 Å². The van der Waals surface area contributed by atoms with Crippen LogP contribution in [-0.4, -0.2) is 38.3 Å². The van der Waals surface area contributed by atoms with Gasteiger partial charge < -0.3 is 20.5 Å². The first-order valence-electron chi connectivity index (χ1n) is 8.89. The van der Waals surface area contributed by atoms with E-state index in [1.807, 2.05) is 24.3 Å². The van der Waals surface area contributed by atoms with E-state index in [9.17, 15) is 4.79 Å². The number of hydrogen-bond donors (Lipinski definition) is 2. The van der Waals surface area contributed by atoms with E-state index < -0.39 is 0 Å².